The van der Waals surface area contributed by atoms with Gasteiger partial charge < -0.3 is 15.2 Å². The molecule has 0 unspecified atom stereocenters. The number of hydrogen-bond acceptors (Lipinski definition) is 2. The Hall–Kier alpha value is -3.60. The number of carbonyl (C=O) groups excluding carboxylic acids is 1. The fourth-order valence-corrected chi connectivity index (χ4v) is 4.49. The van der Waals surface area contributed by atoms with E-state index in [2.05, 4.69) is 45.5 Å². The molecular weight excluding hydrogens is 389 g/mol. The van der Waals surface area contributed by atoms with Crippen LogP contribution in [0.1, 0.15) is 22.4 Å². The minimum absolute atomic E-state index is 0.109. The molecule has 4 nitrogen and oxygen atoms in total. The summed E-state index contributed by atoms with van der Waals surface area (Å²) in [7, 11) is 0. The maximum atomic E-state index is 13.7. The van der Waals surface area contributed by atoms with Crippen LogP contribution in [0.4, 0.5) is 15.8 Å². The van der Waals surface area contributed by atoms with Gasteiger partial charge in [0, 0.05) is 41.1 Å². The van der Waals surface area contributed by atoms with Crippen LogP contribution in [-0.2, 0) is 24.2 Å². The van der Waals surface area contributed by atoms with Crippen LogP contribution in [0.5, 0.6) is 0 Å². The van der Waals surface area contributed by atoms with Gasteiger partial charge in [-0.05, 0) is 60.4 Å². The number of anilines is 2. The summed E-state index contributed by atoms with van der Waals surface area (Å²) < 4.78 is 13.7. The molecule has 1 aliphatic heterocycles. The molecule has 0 saturated heterocycles. The van der Waals surface area contributed by atoms with E-state index < -0.39 is 0 Å². The Morgan fingerprint density at radius 1 is 1.10 bits per heavy atom. The minimum Gasteiger partial charge on any atom is -0.367 e. The van der Waals surface area contributed by atoms with E-state index in [0.717, 1.165) is 52.9 Å². The normalized spacial score (nSPS) is 12.9. The first-order chi connectivity index (χ1) is 15.1. The van der Waals surface area contributed by atoms with Crippen molar-refractivity contribution in [2.24, 2.45) is 0 Å². The van der Waals surface area contributed by atoms with Crippen LogP contribution in [0.3, 0.4) is 0 Å². The van der Waals surface area contributed by atoms with Crippen molar-refractivity contribution in [3.8, 4) is 0 Å². The molecular formula is C26H24FN3O. The molecule has 2 heterocycles. The van der Waals surface area contributed by atoms with E-state index in [1.807, 2.05) is 25.1 Å². The third-order valence-corrected chi connectivity index (χ3v) is 6.05. The van der Waals surface area contributed by atoms with Crippen molar-refractivity contribution in [1.82, 2.24) is 4.98 Å². The second-order valence-corrected chi connectivity index (χ2v) is 8.10. The van der Waals surface area contributed by atoms with E-state index in [0.29, 0.717) is 0 Å². The molecule has 5 heteroatoms. The highest BCUT2D eigenvalue weighted by atomic mass is 19.1. The summed E-state index contributed by atoms with van der Waals surface area (Å²) in [6, 6.07) is 21.0. The smallest absolute Gasteiger partial charge is 0.228 e. The summed E-state index contributed by atoms with van der Waals surface area (Å²) in [5, 5.41) is 3.84. The van der Waals surface area contributed by atoms with Crippen LogP contribution < -0.4 is 10.2 Å². The number of nitrogens with zero attached hydrogens (tertiary/aromatic N) is 1. The standard InChI is InChI=1S/C26H24FN3O/c1-17-21(22-14-20(27)10-11-24(22)28-17)15-26(31)29-23-8-4-2-7-19(23)16-30-13-12-18-6-3-5-9-25(18)30/h2-11,14,28H,12-13,15-16H2,1H3,(H,29,31). The van der Waals surface area contributed by atoms with Crippen molar-refractivity contribution < 1.29 is 9.18 Å². The lowest BCUT2D eigenvalue weighted by molar-refractivity contribution is -0.115. The Bertz CT molecular complexity index is 1280. The molecule has 3 aromatic carbocycles. The third kappa shape index (κ3) is 3.79. The first kappa shape index (κ1) is 19.4. The summed E-state index contributed by atoms with van der Waals surface area (Å²) in [4.78, 5) is 18.5. The molecule has 0 atom stereocenters. The molecule has 0 bridgehead atoms. The van der Waals surface area contributed by atoms with Crippen molar-refractivity contribution in [2.45, 2.75) is 26.3 Å². The molecule has 1 aliphatic rings. The highest BCUT2D eigenvalue weighted by Crippen LogP contribution is 2.30. The largest absolute Gasteiger partial charge is 0.367 e. The number of amides is 1. The van der Waals surface area contributed by atoms with Gasteiger partial charge in [0.2, 0.25) is 5.91 Å². The number of rotatable bonds is 5. The van der Waals surface area contributed by atoms with Crippen LogP contribution in [0, 0.1) is 12.7 Å². The summed E-state index contributed by atoms with van der Waals surface area (Å²) in [5.74, 6) is -0.410. The lowest BCUT2D eigenvalue weighted by Gasteiger charge is -2.21. The van der Waals surface area contributed by atoms with Crippen molar-refractivity contribution in [1.29, 1.82) is 0 Å². The number of hydrogen-bond donors (Lipinski definition) is 2. The maximum absolute atomic E-state index is 13.7. The fourth-order valence-electron chi connectivity index (χ4n) is 4.49. The second kappa shape index (κ2) is 7.91. The zero-order chi connectivity index (χ0) is 21.4. The highest BCUT2D eigenvalue weighted by Gasteiger charge is 2.20. The number of aromatic amines is 1. The van der Waals surface area contributed by atoms with Crippen LogP contribution >= 0.6 is 0 Å². The number of fused-ring (bicyclic) bond motifs is 2. The van der Waals surface area contributed by atoms with E-state index in [1.54, 1.807) is 6.07 Å². The Kier molecular flexibility index (Phi) is 4.94. The third-order valence-electron chi connectivity index (χ3n) is 6.05. The topological polar surface area (TPSA) is 48.1 Å². The molecule has 0 fully saturated rings. The van der Waals surface area contributed by atoms with E-state index in [1.165, 1.54) is 23.4 Å². The molecule has 1 aromatic heterocycles. The summed E-state index contributed by atoms with van der Waals surface area (Å²) in [5.41, 5.74) is 7.09. The molecule has 0 spiro atoms. The summed E-state index contributed by atoms with van der Waals surface area (Å²) >= 11 is 0. The van der Waals surface area contributed by atoms with Gasteiger partial charge in [0.15, 0.2) is 0 Å². The molecule has 5 rings (SSSR count). The van der Waals surface area contributed by atoms with Gasteiger partial charge in [0.05, 0.1) is 6.42 Å². The van der Waals surface area contributed by atoms with Gasteiger partial charge in [-0.25, -0.2) is 4.39 Å². The minimum atomic E-state index is -0.301. The van der Waals surface area contributed by atoms with E-state index in [4.69, 9.17) is 0 Å². The second-order valence-electron chi connectivity index (χ2n) is 8.10. The number of aryl methyl sites for hydroxylation is 1. The predicted molar refractivity (Wildman–Crippen MR) is 123 cm³/mol. The quantitative estimate of drug-likeness (QED) is 0.463. The van der Waals surface area contributed by atoms with Gasteiger partial charge in [-0.15, -0.1) is 0 Å². The SMILES string of the molecule is Cc1[nH]c2ccc(F)cc2c1CC(=O)Nc1ccccc1CN1CCc2ccccc21. The Morgan fingerprint density at radius 2 is 1.90 bits per heavy atom. The highest BCUT2D eigenvalue weighted by molar-refractivity contribution is 5.97. The molecule has 4 aromatic rings. The fraction of sp³-hybridized carbons (Fsp3) is 0.192. The van der Waals surface area contributed by atoms with Crippen LogP contribution in [0.2, 0.25) is 0 Å². The lowest BCUT2D eigenvalue weighted by atomic mass is 10.1. The number of H-pyrrole nitrogens is 1. The van der Waals surface area contributed by atoms with Gasteiger partial charge in [0.25, 0.3) is 0 Å². The van der Waals surface area contributed by atoms with Crippen LogP contribution in [0.25, 0.3) is 10.9 Å². The summed E-state index contributed by atoms with van der Waals surface area (Å²) in [6.07, 6.45) is 1.23. The Balaban J connectivity index is 1.35. The number of halogens is 1. The first-order valence-corrected chi connectivity index (χ1v) is 10.6. The number of carbonyl (C=O) groups is 1. The Morgan fingerprint density at radius 3 is 2.81 bits per heavy atom. The van der Waals surface area contributed by atoms with Gasteiger partial charge in [-0.3, -0.25) is 4.79 Å². The zero-order valence-electron chi connectivity index (χ0n) is 17.4. The number of aromatic nitrogens is 1. The molecule has 0 aliphatic carbocycles. The van der Waals surface area contributed by atoms with Crippen molar-refractivity contribution in [2.75, 3.05) is 16.8 Å². The van der Waals surface area contributed by atoms with Gasteiger partial charge in [-0.1, -0.05) is 36.4 Å². The maximum Gasteiger partial charge on any atom is 0.228 e. The van der Waals surface area contributed by atoms with E-state index in [9.17, 15) is 9.18 Å². The van der Waals surface area contributed by atoms with Crippen LogP contribution in [-0.4, -0.2) is 17.4 Å². The van der Waals surface area contributed by atoms with E-state index in [-0.39, 0.29) is 18.1 Å². The molecule has 0 saturated carbocycles. The molecule has 0 radical (unpaired) electrons. The molecule has 31 heavy (non-hydrogen) atoms. The first-order valence-electron chi connectivity index (χ1n) is 10.6. The number of nitrogens with one attached hydrogen (secondary N) is 2. The van der Waals surface area contributed by atoms with Gasteiger partial charge in [-0.2, -0.15) is 0 Å². The van der Waals surface area contributed by atoms with Crippen LogP contribution in [0.15, 0.2) is 66.7 Å². The Labute approximate surface area is 180 Å². The average Bonchev–Trinajstić information content (AvgIpc) is 3.30. The predicted octanol–water partition coefficient (Wildman–Crippen LogP) is 5.36. The molecule has 2 N–H and O–H groups in total. The zero-order valence-corrected chi connectivity index (χ0v) is 17.4. The number of para-hydroxylation sites is 2. The van der Waals surface area contributed by atoms with Crippen molar-refractivity contribution in [3.05, 3.63) is 94.9 Å². The van der Waals surface area contributed by atoms with E-state index >= 15 is 0 Å². The van der Waals surface area contributed by atoms with Gasteiger partial charge >= 0.3 is 0 Å². The van der Waals surface area contributed by atoms with Gasteiger partial charge in [0.1, 0.15) is 5.82 Å². The molecule has 156 valence electrons. The average molecular weight is 413 g/mol. The summed E-state index contributed by atoms with van der Waals surface area (Å²) in [6.45, 7) is 3.63. The van der Waals surface area contributed by atoms with Crippen molar-refractivity contribution >= 4 is 28.2 Å². The van der Waals surface area contributed by atoms with Crippen molar-refractivity contribution in [3.63, 3.8) is 0 Å². The lowest BCUT2D eigenvalue weighted by Crippen LogP contribution is -2.22. The monoisotopic (exact) mass is 413 g/mol. The molecule has 1 amide bonds. The number of benzene rings is 3.